The second kappa shape index (κ2) is 18.7. The molecule has 14 heteroatoms. The van der Waals surface area contributed by atoms with Crippen molar-refractivity contribution in [1.82, 2.24) is 0 Å². The number of esters is 3. The molecule has 0 bridgehead atoms. The first-order valence-corrected chi connectivity index (χ1v) is 28.4. The Kier molecular flexibility index (Phi) is 12.0. The third-order valence-electron chi connectivity index (χ3n) is 12.7. The minimum atomic E-state index is -4.07. The van der Waals surface area contributed by atoms with E-state index in [9.17, 15) is 18.9 Å². The van der Waals surface area contributed by atoms with E-state index >= 15 is 9.13 Å². The number of para-hydroxylation sites is 2. The van der Waals surface area contributed by atoms with Crippen molar-refractivity contribution >= 4 is 71.6 Å². The Morgan fingerprint density at radius 1 is 0.411 bits per heavy atom. The molecule has 11 nitrogen and oxygen atoms in total. The molecule has 0 spiro atoms. The maximum atomic E-state index is 15.4. The Bertz CT molecular complexity index is 3850. The van der Waals surface area contributed by atoms with Gasteiger partial charge in [0.2, 0.25) is 0 Å². The summed E-state index contributed by atoms with van der Waals surface area (Å²) >= 11 is 0. The lowest BCUT2D eigenvalue weighted by atomic mass is 10.0. The highest BCUT2D eigenvalue weighted by molar-refractivity contribution is 7.78. The van der Waals surface area contributed by atoms with E-state index in [1.54, 1.807) is 122 Å². The molecule has 9 aromatic carbocycles. The van der Waals surface area contributed by atoms with E-state index in [1.165, 1.54) is 42.5 Å². The molecular formula is C59H41O11P3. The molecule has 11 rings (SSSR count). The fraction of sp³-hybridized carbons (Fsp3) is 0.0339. The number of ether oxygens (including phenoxy) is 3. The van der Waals surface area contributed by atoms with Crippen molar-refractivity contribution in [2.24, 2.45) is 0 Å². The highest BCUT2D eigenvalue weighted by Crippen LogP contribution is 2.57. The van der Waals surface area contributed by atoms with Gasteiger partial charge in [-0.3, -0.25) is 9.13 Å². The lowest BCUT2D eigenvalue weighted by molar-refractivity contribution is 0.0720. The number of aryl methyl sites for hydroxylation is 1. The fourth-order valence-corrected chi connectivity index (χ4v) is 15.6. The van der Waals surface area contributed by atoms with Gasteiger partial charge in [0.25, 0.3) is 0 Å². The first kappa shape index (κ1) is 47.0. The zero-order valence-corrected chi connectivity index (χ0v) is 41.7. The van der Waals surface area contributed by atoms with E-state index < -0.39 is 39.8 Å². The van der Waals surface area contributed by atoms with Crippen molar-refractivity contribution in [1.29, 1.82) is 0 Å². The third kappa shape index (κ3) is 8.62. The maximum Gasteiger partial charge on any atom is 0.343 e. The minimum absolute atomic E-state index is 0.00440. The lowest BCUT2D eigenvalue weighted by Gasteiger charge is -2.29. The highest BCUT2D eigenvalue weighted by Gasteiger charge is 2.42. The van der Waals surface area contributed by atoms with Crippen LogP contribution in [-0.2, 0) is 13.7 Å². The molecule has 2 aliphatic rings. The van der Waals surface area contributed by atoms with E-state index in [2.05, 4.69) is 0 Å². The molecule has 0 saturated carbocycles. The Hall–Kier alpha value is -8.32. The molecule has 9 aromatic rings. The molecule has 0 N–H and O–H groups in total. The van der Waals surface area contributed by atoms with Crippen LogP contribution in [0.4, 0.5) is 0 Å². The summed E-state index contributed by atoms with van der Waals surface area (Å²) in [5.74, 6) is -1.28. The van der Waals surface area contributed by atoms with Crippen molar-refractivity contribution in [2.75, 3.05) is 6.66 Å². The van der Waals surface area contributed by atoms with Crippen molar-refractivity contribution in [2.45, 2.75) is 6.92 Å². The van der Waals surface area contributed by atoms with Gasteiger partial charge in [-0.15, -0.1) is 0 Å². The Morgan fingerprint density at radius 2 is 0.808 bits per heavy atom. The number of hydrogen-bond donors (Lipinski definition) is 0. The average molecular weight is 1020 g/mol. The monoisotopic (exact) mass is 1020 g/mol. The summed E-state index contributed by atoms with van der Waals surface area (Å²) in [5.41, 5.74) is 4.37. The zero-order valence-electron chi connectivity index (χ0n) is 39.0. The first-order chi connectivity index (χ1) is 35.3. The van der Waals surface area contributed by atoms with Crippen LogP contribution in [0.5, 0.6) is 28.7 Å². The molecular weight excluding hydrogens is 978 g/mol. The van der Waals surface area contributed by atoms with Gasteiger partial charge in [0, 0.05) is 21.7 Å². The van der Waals surface area contributed by atoms with E-state index in [0.29, 0.717) is 38.3 Å². The first-order valence-electron chi connectivity index (χ1n) is 23.0. The molecule has 2 heterocycles. The predicted molar refractivity (Wildman–Crippen MR) is 283 cm³/mol. The van der Waals surface area contributed by atoms with Gasteiger partial charge >= 0.3 is 32.6 Å². The van der Waals surface area contributed by atoms with Crippen LogP contribution >= 0.6 is 21.9 Å². The van der Waals surface area contributed by atoms with Crippen LogP contribution in [0.2, 0.25) is 0 Å². The van der Waals surface area contributed by atoms with Crippen LogP contribution in [0, 0.1) is 6.92 Å². The molecule has 73 heavy (non-hydrogen) atoms. The van der Waals surface area contributed by atoms with Gasteiger partial charge in [-0.05, 0) is 121 Å². The Balaban J connectivity index is 0.822. The number of fused-ring (bicyclic) bond motifs is 6. The van der Waals surface area contributed by atoms with Crippen LogP contribution in [0.15, 0.2) is 212 Å². The van der Waals surface area contributed by atoms with E-state index in [0.717, 1.165) is 22.3 Å². The lowest BCUT2D eigenvalue weighted by Crippen LogP contribution is -2.27. The van der Waals surface area contributed by atoms with Crippen LogP contribution < -0.4 is 55.1 Å². The number of carbonyl (C=O) groups is 3. The van der Waals surface area contributed by atoms with E-state index in [4.69, 9.17) is 23.3 Å². The standard InChI is InChI=1S/C59H41O11P3/c1-38-24-34-51(55(36-38)72(64)53-22-12-8-18-47(53)45-16-6-10-20-49(45)69-72)67-59(62)41-27-32-44(33-28-41)71(2,63)43-30-25-40(26-31-43)57(60)66-42-29-35-52(68-58(61)39-14-4-3-5-15-39)56(37-42)73(65)54-23-13-9-19-48(54)46-17-7-11-21-50(46)70-73/h3-37H,1-2H3. The fourth-order valence-electron chi connectivity index (χ4n) is 8.98. The van der Waals surface area contributed by atoms with Gasteiger partial charge < -0.3 is 27.8 Å². The van der Waals surface area contributed by atoms with Crippen molar-refractivity contribution < 1.29 is 51.3 Å². The molecule has 358 valence electrons. The van der Waals surface area contributed by atoms with Crippen molar-refractivity contribution in [3.63, 3.8) is 0 Å². The van der Waals surface area contributed by atoms with Crippen LogP contribution in [0.25, 0.3) is 22.3 Å². The van der Waals surface area contributed by atoms with Gasteiger partial charge in [-0.25, -0.2) is 14.4 Å². The van der Waals surface area contributed by atoms with Crippen LogP contribution in [0.1, 0.15) is 36.6 Å². The van der Waals surface area contributed by atoms with Crippen molar-refractivity contribution in [3.05, 3.63) is 235 Å². The summed E-state index contributed by atoms with van der Waals surface area (Å²) in [6, 6.07) is 59.1. The predicted octanol–water partition coefficient (Wildman–Crippen LogP) is 11.2. The van der Waals surface area contributed by atoms with Gasteiger partial charge in [0.05, 0.1) is 37.9 Å². The molecule has 0 fully saturated rings. The molecule has 0 aromatic heterocycles. The summed E-state index contributed by atoms with van der Waals surface area (Å²) in [6.07, 6.45) is 0. The van der Waals surface area contributed by atoms with Crippen molar-refractivity contribution in [3.8, 4) is 51.0 Å². The summed E-state index contributed by atoms with van der Waals surface area (Å²) in [6.45, 7) is 3.44. The summed E-state index contributed by atoms with van der Waals surface area (Å²) in [4.78, 5) is 40.9. The topological polar surface area (TPSA) is 149 Å². The molecule has 3 atom stereocenters. The summed E-state index contributed by atoms with van der Waals surface area (Å²) in [5, 5.41) is 2.00. The molecule has 3 unspecified atom stereocenters. The SMILES string of the molecule is Cc1ccc(OC(=O)c2ccc(P(C)(=O)c3ccc(C(=O)Oc4ccc(OC(=O)c5ccccc5)c(P5(=O)Oc6ccccc6-c6ccccc65)c4)cc3)cc2)c(P2(=O)Oc3ccccc3-c3ccccc32)c1. The Morgan fingerprint density at radius 3 is 1.32 bits per heavy atom. The Labute approximate surface area is 420 Å². The molecule has 0 aliphatic carbocycles. The smallest absolute Gasteiger partial charge is 0.343 e. The second-order valence-corrected chi connectivity index (χ2v) is 24.8. The zero-order chi connectivity index (χ0) is 50.5. The average Bonchev–Trinajstić information content (AvgIpc) is 3.42. The van der Waals surface area contributed by atoms with E-state index in [-0.39, 0.29) is 44.5 Å². The number of carbonyl (C=O) groups excluding carboxylic acids is 3. The molecule has 2 aliphatic heterocycles. The number of rotatable bonds is 10. The molecule has 0 amide bonds. The molecule has 0 saturated heterocycles. The summed E-state index contributed by atoms with van der Waals surface area (Å²) in [7, 11) is -11.2. The maximum absolute atomic E-state index is 15.4. The second-order valence-electron chi connectivity index (χ2n) is 17.5. The third-order valence-corrected chi connectivity index (χ3v) is 20.2. The molecule has 0 radical (unpaired) electrons. The number of benzene rings is 9. The van der Waals surface area contributed by atoms with Crippen LogP contribution in [0.3, 0.4) is 0 Å². The van der Waals surface area contributed by atoms with Crippen LogP contribution in [-0.4, -0.2) is 24.6 Å². The quantitative estimate of drug-likeness (QED) is 0.0732. The van der Waals surface area contributed by atoms with Gasteiger partial charge in [-0.1, -0.05) is 121 Å². The largest absolute Gasteiger partial charge is 0.436 e. The van der Waals surface area contributed by atoms with E-state index in [1.807, 2.05) is 61.5 Å². The van der Waals surface area contributed by atoms with Gasteiger partial charge in [-0.2, -0.15) is 0 Å². The van der Waals surface area contributed by atoms with Gasteiger partial charge in [0.1, 0.15) is 35.9 Å². The highest BCUT2D eigenvalue weighted by atomic mass is 31.2. The number of hydrogen-bond acceptors (Lipinski definition) is 11. The van der Waals surface area contributed by atoms with Gasteiger partial charge in [0.15, 0.2) is 0 Å². The minimum Gasteiger partial charge on any atom is -0.436 e. The normalized spacial score (nSPS) is 16.8. The summed E-state index contributed by atoms with van der Waals surface area (Å²) < 4.78 is 75.3.